The molecule has 0 fully saturated rings. The molecule has 0 N–H and O–H groups in total. The van der Waals surface area contributed by atoms with E-state index in [0.29, 0.717) is 12.8 Å². The molecule has 0 bridgehead atoms. The number of ether oxygens (including phenoxy) is 4. The minimum atomic E-state index is -0.514. The van der Waals surface area contributed by atoms with Crippen LogP contribution in [0.1, 0.15) is 39.5 Å². The Hall–Kier alpha value is -2.12. The monoisotopic (exact) mass is 318 g/mol. The van der Waals surface area contributed by atoms with E-state index in [-0.39, 0.29) is 51.2 Å². The smallest absolute Gasteiger partial charge is 0.306 e. The third kappa shape index (κ3) is 14.3. The van der Waals surface area contributed by atoms with Crippen molar-refractivity contribution in [2.24, 2.45) is 0 Å². The zero-order valence-corrected chi connectivity index (χ0v) is 12.9. The Morgan fingerprint density at radius 1 is 0.591 bits per heavy atom. The zero-order valence-electron chi connectivity index (χ0n) is 12.9. The highest BCUT2D eigenvalue weighted by Crippen LogP contribution is 1.98. The van der Waals surface area contributed by atoms with Crippen molar-refractivity contribution >= 4 is 23.9 Å². The van der Waals surface area contributed by atoms with E-state index < -0.39 is 11.9 Å². The van der Waals surface area contributed by atoms with Gasteiger partial charge in [-0.3, -0.25) is 19.2 Å². The molecule has 0 unspecified atom stereocenters. The lowest BCUT2D eigenvalue weighted by Crippen LogP contribution is -2.13. The number of hydrogen-bond donors (Lipinski definition) is 0. The lowest BCUT2D eigenvalue weighted by Gasteiger charge is -2.06. The van der Waals surface area contributed by atoms with E-state index in [0.717, 1.165) is 0 Å². The molecule has 8 heteroatoms. The van der Waals surface area contributed by atoms with Gasteiger partial charge in [-0.2, -0.15) is 0 Å². The molecule has 0 aromatic carbocycles. The summed E-state index contributed by atoms with van der Waals surface area (Å²) in [6.45, 7) is 3.22. The molecule has 0 atom stereocenters. The van der Waals surface area contributed by atoms with Gasteiger partial charge in [-0.25, -0.2) is 0 Å². The summed E-state index contributed by atoms with van der Waals surface area (Å²) in [7, 11) is 0. The fourth-order valence-corrected chi connectivity index (χ4v) is 1.27. The standard InChI is InChI=1S/C14H22O8/c1-11(15)19-7-3-9-21-13(17)5-6-14(18)22-10-4-8-20-12(2)16/h3-10H2,1-2H3. The van der Waals surface area contributed by atoms with Crippen LogP contribution in [0.4, 0.5) is 0 Å². The second-order valence-corrected chi connectivity index (χ2v) is 4.33. The molecule has 0 rings (SSSR count). The van der Waals surface area contributed by atoms with Gasteiger partial charge < -0.3 is 18.9 Å². The topological polar surface area (TPSA) is 105 Å². The molecule has 0 aromatic heterocycles. The molecule has 0 amide bonds. The first-order chi connectivity index (χ1) is 10.4. The van der Waals surface area contributed by atoms with Gasteiger partial charge in [0.1, 0.15) is 0 Å². The maximum Gasteiger partial charge on any atom is 0.306 e. The Bertz CT molecular complexity index is 341. The largest absolute Gasteiger partial charge is 0.466 e. The fourth-order valence-electron chi connectivity index (χ4n) is 1.27. The van der Waals surface area contributed by atoms with Crippen molar-refractivity contribution in [3.8, 4) is 0 Å². The highest BCUT2D eigenvalue weighted by Gasteiger charge is 2.09. The van der Waals surface area contributed by atoms with Crippen molar-refractivity contribution in [3.05, 3.63) is 0 Å². The maximum atomic E-state index is 11.3. The lowest BCUT2D eigenvalue weighted by molar-refractivity contribution is -0.151. The highest BCUT2D eigenvalue weighted by atomic mass is 16.6. The number of hydrogen-bond acceptors (Lipinski definition) is 8. The summed E-state index contributed by atoms with van der Waals surface area (Å²) in [5.74, 6) is -1.80. The second kappa shape index (κ2) is 12.6. The molecule has 0 aliphatic rings. The number of esters is 4. The van der Waals surface area contributed by atoms with E-state index in [4.69, 9.17) is 9.47 Å². The van der Waals surface area contributed by atoms with Gasteiger partial charge in [0.2, 0.25) is 0 Å². The van der Waals surface area contributed by atoms with Gasteiger partial charge in [0.25, 0.3) is 0 Å². The zero-order chi connectivity index (χ0) is 16.8. The van der Waals surface area contributed by atoms with Crippen molar-refractivity contribution in [2.45, 2.75) is 39.5 Å². The van der Waals surface area contributed by atoms with Gasteiger partial charge in [0.15, 0.2) is 0 Å². The number of rotatable bonds is 11. The Kier molecular flexibility index (Phi) is 11.4. The van der Waals surface area contributed by atoms with Crippen molar-refractivity contribution in [1.82, 2.24) is 0 Å². The van der Waals surface area contributed by atoms with Crippen LogP contribution in [0, 0.1) is 0 Å². The molecule has 126 valence electrons. The van der Waals surface area contributed by atoms with Gasteiger partial charge in [0.05, 0.1) is 39.3 Å². The number of carbonyl (C=O) groups is 4. The second-order valence-electron chi connectivity index (χ2n) is 4.33. The average molecular weight is 318 g/mol. The molecule has 0 radical (unpaired) electrons. The first kappa shape index (κ1) is 19.9. The van der Waals surface area contributed by atoms with Crippen LogP contribution >= 0.6 is 0 Å². The predicted molar refractivity (Wildman–Crippen MR) is 73.7 cm³/mol. The van der Waals surface area contributed by atoms with Crippen LogP contribution in [0.2, 0.25) is 0 Å². The van der Waals surface area contributed by atoms with Crippen molar-refractivity contribution in [1.29, 1.82) is 0 Å². The third-order valence-electron chi connectivity index (χ3n) is 2.25. The van der Waals surface area contributed by atoms with Crippen LogP contribution in [0.5, 0.6) is 0 Å². The molecular weight excluding hydrogens is 296 g/mol. The summed E-state index contributed by atoms with van der Waals surface area (Å²) in [5.41, 5.74) is 0. The van der Waals surface area contributed by atoms with Crippen LogP contribution in [0.15, 0.2) is 0 Å². The van der Waals surface area contributed by atoms with Gasteiger partial charge >= 0.3 is 23.9 Å². The van der Waals surface area contributed by atoms with Crippen molar-refractivity contribution in [3.63, 3.8) is 0 Å². The van der Waals surface area contributed by atoms with Crippen LogP contribution in [-0.2, 0) is 38.1 Å². The van der Waals surface area contributed by atoms with Gasteiger partial charge in [-0.15, -0.1) is 0 Å². The van der Waals surface area contributed by atoms with Gasteiger partial charge in [-0.05, 0) is 0 Å². The first-order valence-corrected chi connectivity index (χ1v) is 6.99. The van der Waals surface area contributed by atoms with Crippen LogP contribution in [0.25, 0.3) is 0 Å². The molecule has 0 heterocycles. The van der Waals surface area contributed by atoms with E-state index in [1.165, 1.54) is 13.8 Å². The fraction of sp³-hybridized carbons (Fsp3) is 0.714. The highest BCUT2D eigenvalue weighted by molar-refractivity contribution is 5.77. The minimum absolute atomic E-state index is 0.0731. The summed E-state index contributed by atoms with van der Waals surface area (Å²) in [6.07, 6.45) is 0.671. The van der Waals surface area contributed by atoms with Gasteiger partial charge in [-0.1, -0.05) is 0 Å². The average Bonchev–Trinajstić information content (AvgIpc) is 2.43. The molecular formula is C14H22O8. The quantitative estimate of drug-likeness (QED) is 0.312. The summed E-state index contributed by atoms with van der Waals surface area (Å²) < 4.78 is 19.0. The molecule has 0 spiro atoms. The van der Waals surface area contributed by atoms with E-state index in [1.807, 2.05) is 0 Å². The summed E-state index contributed by atoms with van der Waals surface area (Å²) in [5, 5.41) is 0. The van der Waals surface area contributed by atoms with E-state index in [9.17, 15) is 19.2 Å². The van der Waals surface area contributed by atoms with Crippen LogP contribution < -0.4 is 0 Å². The molecule has 0 aromatic rings. The molecule has 8 nitrogen and oxygen atoms in total. The molecule has 0 aliphatic carbocycles. The maximum absolute atomic E-state index is 11.3. The van der Waals surface area contributed by atoms with E-state index in [1.54, 1.807) is 0 Å². The van der Waals surface area contributed by atoms with Crippen molar-refractivity contribution in [2.75, 3.05) is 26.4 Å². The molecule has 0 aliphatic heterocycles. The minimum Gasteiger partial charge on any atom is -0.466 e. The van der Waals surface area contributed by atoms with Gasteiger partial charge in [0, 0.05) is 26.7 Å². The van der Waals surface area contributed by atoms with Crippen LogP contribution in [-0.4, -0.2) is 50.3 Å². The summed E-state index contributed by atoms with van der Waals surface area (Å²) in [4.78, 5) is 43.5. The third-order valence-corrected chi connectivity index (χ3v) is 2.25. The normalized spacial score (nSPS) is 9.73. The molecule has 22 heavy (non-hydrogen) atoms. The SMILES string of the molecule is CC(=O)OCCCOC(=O)CCC(=O)OCCCOC(C)=O. The summed E-state index contributed by atoms with van der Waals surface area (Å²) in [6, 6.07) is 0. The molecule has 0 saturated heterocycles. The Morgan fingerprint density at radius 3 is 1.23 bits per heavy atom. The van der Waals surface area contributed by atoms with Crippen LogP contribution in [0.3, 0.4) is 0 Å². The first-order valence-electron chi connectivity index (χ1n) is 6.99. The Labute approximate surface area is 129 Å². The van der Waals surface area contributed by atoms with E-state index in [2.05, 4.69) is 9.47 Å². The van der Waals surface area contributed by atoms with E-state index >= 15 is 0 Å². The molecule has 0 saturated carbocycles. The Balaban J connectivity index is 3.46. The predicted octanol–water partition coefficient (Wildman–Crippen LogP) is 0.759. The lowest BCUT2D eigenvalue weighted by atomic mass is 10.3. The van der Waals surface area contributed by atoms with Crippen molar-refractivity contribution < 1.29 is 38.1 Å². The number of carbonyl (C=O) groups excluding carboxylic acids is 4. The Morgan fingerprint density at radius 2 is 0.909 bits per heavy atom. The summed E-state index contributed by atoms with van der Waals surface area (Å²) >= 11 is 0.